The molecule has 1 amide bonds. The minimum atomic E-state index is -0.0496. The predicted molar refractivity (Wildman–Crippen MR) is 84.3 cm³/mol. The van der Waals surface area contributed by atoms with E-state index in [1.54, 1.807) is 12.1 Å². The number of aliphatic hydroxyl groups is 1. The molecule has 0 fully saturated rings. The lowest BCUT2D eigenvalue weighted by Crippen LogP contribution is -2.25. The number of hydrogen-bond acceptors (Lipinski definition) is 2. The first kappa shape index (κ1) is 15.3. The van der Waals surface area contributed by atoms with Crippen LogP contribution in [0.5, 0.6) is 0 Å². The maximum atomic E-state index is 12.0. The van der Waals surface area contributed by atoms with E-state index in [0.717, 1.165) is 6.42 Å². The van der Waals surface area contributed by atoms with Gasteiger partial charge in [0.1, 0.15) is 0 Å². The van der Waals surface area contributed by atoms with Crippen LogP contribution in [0.2, 0.25) is 0 Å². The summed E-state index contributed by atoms with van der Waals surface area (Å²) in [6.45, 7) is 0.763. The zero-order valence-corrected chi connectivity index (χ0v) is 12.0. The van der Waals surface area contributed by atoms with Crippen molar-refractivity contribution in [3.05, 3.63) is 71.8 Å². The molecule has 0 radical (unpaired) electrons. The van der Waals surface area contributed by atoms with E-state index in [2.05, 4.69) is 17.4 Å². The smallest absolute Gasteiger partial charge is 0.251 e. The quantitative estimate of drug-likeness (QED) is 0.820. The number of nitrogens with one attached hydrogen (secondary N) is 1. The minimum Gasteiger partial charge on any atom is -0.396 e. The second-order valence-electron chi connectivity index (χ2n) is 5.03. The van der Waals surface area contributed by atoms with E-state index in [4.69, 9.17) is 0 Å². The summed E-state index contributed by atoms with van der Waals surface area (Å²) in [6, 6.07) is 19.3. The lowest BCUT2D eigenvalue weighted by molar-refractivity contribution is 0.0952. The predicted octanol–water partition coefficient (Wildman–Crippen LogP) is 2.97. The van der Waals surface area contributed by atoms with E-state index in [0.29, 0.717) is 18.5 Å². The van der Waals surface area contributed by atoms with Crippen LogP contribution in [0.25, 0.3) is 0 Å². The van der Waals surface area contributed by atoms with Crippen LogP contribution in [0.15, 0.2) is 60.7 Å². The van der Waals surface area contributed by atoms with Crippen molar-refractivity contribution in [1.29, 1.82) is 0 Å². The SMILES string of the molecule is O=C(NCCC(CCO)c1ccccc1)c1ccccc1. The standard InChI is InChI=1S/C18H21NO2/c20-14-12-16(15-7-3-1-4-8-15)11-13-19-18(21)17-9-5-2-6-10-17/h1-10,16,20H,11-14H2,(H,19,21). The molecule has 1 atom stereocenters. The van der Waals surface area contributed by atoms with Crippen LogP contribution in [0.4, 0.5) is 0 Å². The van der Waals surface area contributed by atoms with Crippen LogP contribution >= 0.6 is 0 Å². The molecule has 2 aromatic carbocycles. The van der Waals surface area contributed by atoms with Gasteiger partial charge in [-0.15, -0.1) is 0 Å². The average molecular weight is 283 g/mol. The molecule has 3 nitrogen and oxygen atoms in total. The van der Waals surface area contributed by atoms with Crippen molar-refractivity contribution in [1.82, 2.24) is 5.32 Å². The fraction of sp³-hybridized carbons (Fsp3) is 0.278. The summed E-state index contributed by atoms with van der Waals surface area (Å²) in [6.07, 6.45) is 1.54. The molecule has 0 aliphatic rings. The topological polar surface area (TPSA) is 49.3 Å². The number of hydrogen-bond donors (Lipinski definition) is 2. The first-order valence-corrected chi connectivity index (χ1v) is 7.30. The van der Waals surface area contributed by atoms with Gasteiger partial charge in [-0.05, 0) is 36.5 Å². The monoisotopic (exact) mass is 283 g/mol. The highest BCUT2D eigenvalue weighted by atomic mass is 16.3. The number of amides is 1. The summed E-state index contributed by atoms with van der Waals surface area (Å²) in [5.74, 6) is 0.221. The molecular weight excluding hydrogens is 262 g/mol. The van der Waals surface area contributed by atoms with Gasteiger partial charge in [0.15, 0.2) is 0 Å². The highest BCUT2D eigenvalue weighted by Gasteiger charge is 2.11. The Hall–Kier alpha value is -2.13. The molecule has 0 aliphatic carbocycles. The summed E-state index contributed by atoms with van der Waals surface area (Å²) in [5, 5.41) is 12.1. The highest BCUT2D eigenvalue weighted by molar-refractivity contribution is 5.94. The Bertz CT molecular complexity index is 540. The van der Waals surface area contributed by atoms with Gasteiger partial charge in [-0.1, -0.05) is 48.5 Å². The Kier molecular flexibility index (Phi) is 5.98. The van der Waals surface area contributed by atoms with Gasteiger partial charge in [-0.3, -0.25) is 4.79 Å². The molecule has 0 spiro atoms. The summed E-state index contributed by atoms with van der Waals surface area (Å²) < 4.78 is 0. The Morgan fingerprint density at radius 3 is 2.19 bits per heavy atom. The zero-order chi connectivity index (χ0) is 14.9. The molecule has 1 unspecified atom stereocenters. The van der Waals surface area contributed by atoms with E-state index in [-0.39, 0.29) is 18.4 Å². The van der Waals surface area contributed by atoms with E-state index < -0.39 is 0 Å². The van der Waals surface area contributed by atoms with Crippen LogP contribution < -0.4 is 5.32 Å². The third kappa shape index (κ3) is 4.72. The normalized spacial score (nSPS) is 11.9. The lowest BCUT2D eigenvalue weighted by atomic mass is 9.93. The molecular formula is C18H21NO2. The second-order valence-corrected chi connectivity index (χ2v) is 5.03. The van der Waals surface area contributed by atoms with Gasteiger partial charge < -0.3 is 10.4 Å². The van der Waals surface area contributed by atoms with Crippen LogP contribution in [-0.2, 0) is 0 Å². The third-order valence-corrected chi connectivity index (χ3v) is 3.56. The molecule has 0 aromatic heterocycles. The Morgan fingerprint density at radius 1 is 0.952 bits per heavy atom. The maximum absolute atomic E-state index is 12.0. The van der Waals surface area contributed by atoms with Crippen molar-refractivity contribution in [3.63, 3.8) is 0 Å². The van der Waals surface area contributed by atoms with Crippen molar-refractivity contribution in [2.45, 2.75) is 18.8 Å². The van der Waals surface area contributed by atoms with Gasteiger partial charge in [0, 0.05) is 18.7 Å². The van der Waals surface area contributed by atoms with Crippen molar-refractivity contribution in [3.8, 4) is 0 Å². The molecule has 110 valence electrons. The lowest BCUT2D eigenvalue weighted by Gasteiger charge is -2.16. The number of carbonyl (C=O) groups excluding carboxylic acids is 1. The first-order chi connectivity index (χ1) is 10.3. The average Bonchev–Trinajstić information content (AvgIpc) is 2.55. The molecule has 3 heteroatoms. The highest BCUT2D eigenvalue weighted by Crippen LogP contribution is 2.22. The minimum absolute atomic E-state index is 0.0496. The molecule has 2 N–H and O–H groups in total. The molecule has 0 bridgehead atoms. The maximum Gasteiger partial charge on any atom is 0.251 e. The van der Waals surface area contributed by atoms with Crippen LogP contribution in [-0.4, -0.2) is 24.2 Å². The summed E-state index contributed by atoms with van der Waals surface area (Å²) in [7, 11) is 0. The van der Waals surface area contributed by atoms with Crippen molar-refractivity contribution >= 4 is 5.91 Å². The van der Waals surface area contributed by atoms with Crippen molar-refractivity contribution in [2.24, 2.45) is 0 Å². The van der Waals surface area contributed by atoms with Gasteiger partial charge in [0.25, 0.3) is 5.91 Å². The van der Waals surface area contributed by atoms with Gasteiger partial charge in [-0.25, -0.2) is 0 Å². The Labute approximate surface area is 125 Å². The van der Waals surface area contributed by atoms with E-state index in [1.165, 1.54) is 5.56 Å². The second kappa shape index (κ2) is 8.22. The molecule has 0 saturated heterocycles. The molecule has 0 aliphatic heterocycles. The molecule has 2 rings (SSSR count). The number of carbonyl (C=O) groups is 1. The number of rotatable bonds is 7. The molecule has 0 heterocycles. The Balaban J connectivity index is 1.87. The fourth-order valence-electron chi connectivity index (χ4n) is 2.41. The van der Waals surface area contributed by atoms with Crippen molar-refractivity contribution in [2.75, 3.05) is 13.2 Å². The summed E-state index contributed by atoms with van der Waals surface area (Å²) in [5.41, 5.74) is 1.89. The molecule has 21 heavy (non-hydrogen) atoms. The fourth-order valence-corrected chi connectivity index (χ4v) is 2.41. The van der Waals surface area contributed by atoms with E-state index in [9.17, 15) is 9.90 Å². The van der Waals surface area contributed by atoms with Gasteiger partial charge in [-0.2, -0.15) is 0 Å². The van der Waals surface area contributed by atoms with Gasteiger partial charge in [0.2, 0.25) is 0 Å². The largest absolute Gasteiger partial charge is 0.396 e. The molecule has 2 aromatic rings. The third-order valence-electron chi connectivity index (χ3n) is 3.56. The number of aliphatic hydroxyl groups excluding tert-OH is 1. The number of benzene rings is 2. The Morgan fingerprint density at radius 2 is 1.57 bits per heavy atom. The van der Waals surface area contributed by atoms with E-state index in [1.807, 2.05) is 36.4 Å². The first-order valence-electron chi connectivity index (χ1n) is 7.30. The molecule has 0 saturated carbocycles. The van der Waals surface area contributed by atoms with E-state index >= 15 is 0 Å². The zero-order valence-electron chi connectivity index (χ0n) is 12.0. The summed E-state index contributed by atoms with van der Waals surface area (Å²) in [4.78, 5) is 12.0. The summed E-state index contributed by atoms with van der Waals surface area (Å²) >= 11 is 0. The van der Waals surface area contributed by atoms with Crippen LogP contribution in [0.3, 0.4) is 0 Å². The van der Waals surface area contributed by atoms with Crippen LogP contribution in [0, 0.1) is 0 Å². The van der Waals surface area contributed by atoms with Gasteiger partial charge >= 0.3 is 0 Å². The van der Waals surface area contributed by atoms with Crippen molar-refractivity contribution < 1.29 is 9.90 Å². The van der Waals surface area contributed by atoms with Crippen LogP contribution in [0.1, 0.15) is 34.7 Å². The van der Waals surface area contributed by atoms with Gasteiger partial charge in [0.05, 0.1) is 0 Å².